The van der Waals surface area contributed by atoms with Crippen LogP contribution >= 0.6 is 34.4 Å². The second-order valence-corrected chi connectivity index (χ2v) is 7.92. The molecule has 98 valence electrons. The van der Waals surface area contributed by atoms with Crippen LogP contribution in [0.2, 0.25) is 0 Å². The van der Waals surface area contributed by atoms with Gasteiger partial charge in [-0.1, -0.05) is 42.2 Å². The second kappa shape index (κ2) is 5.44. The van der Waals surface area contributed by atoms with E-state index in [9.17, 15) is 0 Å². The minimum Gasteiger partial charge on any atom is -0.374 e. The third-order valence-corrected chi connectivity index (χ3v) is 5.52. The van der Waals surface area contributed by atoms with Gasteiger partial charge in [-0.15, -0.1) is 21.5 Å². The molecule has 0 unspecified atom stereocenters. The number of rotatable bonds is 4. The fourth-order valence-electron chi connectivity index (χ4n) is 1.73. The van der Waals surface area contributed by atoms with E-state index in [1.165, 1.54) is 21.0 Å². The lowest BCUT2D eigenvalue weighted by molar-refractivity contribution is 0.924. The van der Waals surface area contributed by atoms with Crippen LogP contribution in [0.4, 0.5) is 5.13 Å². The number of nitrogen functional groups attached to an aromatic ring is 1. The highest BCUT2D eigenvalue weighted by atomic mass is 32.2. The molecular weight excluding hydrogens is 296 g/mol. The lowest BCUT2D eigenvalue weighted by Crippen LogP contribution is -2.00. The summed E-state index contributed by atoms with van der Waals surface area (Å²) >= 11 is 4.89. The van der Waals surface area contributed by atoms with Crippen LogP contribution in [0.15, 0.2) is 28.6 Å². The Bertz CT molecular complexity index is 658. The van der Waals surface area contributed by atoms with Crippen LogP contribution in [0.1, 0.15) is 11.9 Å². The highest BCUT2D eigenvalue weighted by molar-refractivity contribution is 8.01. The van der Waals surface area contributed by atoms with Gasteiger partial charge in [0.15, 0.2) is 4.34 Å². The average molecular weight is 308 g/mol. The molecule has 7 heteroatoms. The molecule has 1 aromatic carbocycles. The van der Waals surface area contributed by atoms with E-state index in [1.54, 1.807) is 23.1 Å². The molecule has 2 N–H and O–H groups in total. The van der Waals surface area contributed by atoms with E-state index in [0.717, 1.165) is 16.3 Å². The second-order valence-electron chi connectivity index (χ2n) is 4.11. The van der Waals surface area contributed by atoms with Gasteiger partial charge in [-0.3, -0.25) is 0 Å². The fourth-order valence-corrected chi connectivity index (χ4v) is 4.89. The van der Waals surface area contributed by atoms with Crippen LogP contribution < -0.4 is 5.73 Å². The molecule has 0 aliphatic heterocycles. The van der Waals surface area contributed by atoms with Gasteiger partial charge in [0.1, 0.15) is 0 Å². The van der Waals surface area contributed by atoms with Crippen LogP contribution in [0.5, 0.6) is 0 Å². The van der Waals surface area contributed by atoms with E-state index in [2.05, 4.69) is 34.2 Å². The zero-order chi connectivity index (χ0) is 13.2. The molecule has 0 spiro atoms. The summed E-state index contributed by atoms with van der Waals surface area (Å²) in [5.41, 5.74) is 6.66. The van der Waals surface area contributed by atoms with Crippen molar-refractivity contribution in [1.82, 2.24) is 15.2 Å². The summed E-state index contributed by atoms with van der Waals surface area (Å²) in [6.07, 6.45) is 0.934. The number of nitrogens with zero attached hydrogens (tertiary/aromatic N) is 3. The average Bonchev–Trinajstić information content (AvgIpc) is 2.94. The van der Waals surface area contributed by atoms with Gasteiger partial charge in [0.25, 0.3) is 0 Å². The molecule has 2 aromatic heterocycles. The molecule has 0 radical (unpaired) electrons. The van der Waals surface area contributed by atoms with E-state index in [-0.39, 0.29) is 0 Å². The topological polar surface area (TPSA) is 64.7 Å². The number of hydrogen-bond acceptors (Lipinski definition) is 7. The van der Waals surface area contributed by atoms with Gasteiger partial charge in [0, 0.05) is 11.7 Å². The molecule has 1 atom stereocenters. The number of aromatic nitrogens is 3. The molecule has 0 saturated heterocycles. The van der Waals surface area contributed by atoms with Crippen LogP contribution in [0.3, 0.4) is 0 Å². The highest BCUT2D eigenvalue weighted by Gasteiger charge is 2.12. The molecule has 2 heterocycles. The number of nitrogens with two attached hydrogens (primary N) is 1. The minimum absolute atomic E-state index is 0.410. The molecule has 0 fully saturated rings. The molecule has 3 aromatic rings. The van der Waals surface area contributed by atoms with E-state index < -0.39 is 0 Å². The first-order chi connectivity index (χ1) is 9.20. The van der Waals surface area contributed by atoms with Gasteiger partial charge in [-0.2, -0.15) is 0 Å². The number of fused-ring (bicyclic) bond motifs is 1. The Morgan fingerprint density at radius 2 is 2.11 bits per heavy atom. The van der Waals surface area contributed by atoms with E-state index in [1.807, 2.05) is 12.1 Å². The predicted molar refractivity (Wildman–Crippen MR) is 83.0 cm³/mol. The molecule has 0 amide bonds. The Morgan fingerprint density at radius 1 is 1.26 bits per heavy atom. The maximum atomic E-state index is 5.58. The monoisotopic (exact) mass is 308 g/mol. The van der Waals surface area contributed by atoms with Gasteiger partial charge in [0.2, 0.25) is 5.13 Å². The summed E-state index contributed by atoms with van der Waals surface area (Å²) in [4.78, 5) is 4.65. The highest BCUT2D eigenvalue weighted by Crippen LogP contribution is 2.31. The summed E-state index contributed by atoms with van der Waals surface area (Å²) < 4.78 is 2.17. The maximum absolute atomic E-state index is 5.58. The fraction of sp³-hybridized carbons (Fsp3) is 0.250. The molecule has 19 heavy (non-hydrogen) atoms. The van der Waals surface area contributed by atoms with E-state index >= 15 is 0 Å². The van der Waals surface area contributed by atoms with Crippen molar-refractivity contribution in [2.24, 2.45) is 0 Å². The third kappa shape index (κ3) is 3.05. The van der Waals surface area contributed by atoms with Gasteiger partial charge in [-0.05, 0) is 12.1 Å². The predicted octanol–water partition coefficient (Wildman–Crippen LogP) is 3.45. The molecular formula is C12H12N4S3. The van der Waals surface area contributed by atoms with Crippen LogP contribution in [0, 0.1) is 0 Å². The summed E-state index contributed by atoms with van der Waals surface area (Å²) in [5.74, 6) is 0. The number of para-hydroxylation sites is 1. The first kappa shape index (κ1) is 12.8. The Kier molecular flexibility index (Phi) is 3.67. The minimum atomic E-state index is 0.410. The number of benzene rings is 1. The normalized spacial score (nSPS) is 12.9. The van der Waals surface area contributed by atoms with Gasteiger partial charge in [-0.25, -0.2) is 4.98 Å². The number of thiazole rings is 1. The largest absolute Gasteiger partial charge is 0.374 e. The number of hydrogen-bond donors (Lipinski definition) is 1. The van der Waals surface area contributed by atoms with Crippen molar-refractivity contribution in [2.75, 3.05) is 5.73 Å². The van der Waals surface area contributed by atoms with Crippen LogP contribution in [0.25, 0.3) is 10.2 Å². The summed E-state index contributed by atoms with van der Waals surface area (Å²) in [6.45, 7) is 2.17. The molecule has 0 bridgehead atoms. The zero-order valence-corrected chi connectivity index (χ0v) is 12.7. The van der Waals surface area contributed by atoms with Crippen molar-refractivity contribution >= 4 is 49.8 Å². The van der Waals surface area contributed by atoms with Crippen molar-refractivity contribution in [3.8, 4) is 0 Å². The van der Waals surface area contributed by atoms with Gasteiger partial charge < -0.3 is 5.73 Å². The zero-order valence-electron chi connectivity index (χ0n) is 10.2. The van der Waals surface area contributed by atoms with E-state index in [4.69, 9.17) is 5.73 Å². The van der Waals surface area contributed by atoms with Crippen molar-refractivity contribution < 1.29 is 0 Å². The smallest absolute Gasteiger partial charge is 0.203 e. The third-order valence-electron chi connectivity index (χ3n) is 2.52. The van der Waals surface area contributed by atoms with E-state index in [0.29, 0.717) is 10.4 Å². The van der Waals surface area contributed by atoms with Crippen molar-refractivity contribution in [3.05, 3.63) is 29.3 Å². The lowest BCUT2D eigenvalue weighted by Gasteiger charge is -2.05. The Balaban J connectivity index is 1.70. The van der Waals surface area contributed by atoms with Crippen LogP contribution in [-0.2, 0) is 6.42 Å². The summed E-state index contributed by atoms with van der Waals surface area (Å²) in [7, 11) is 0. The number of thioether (sulfide) groups is 1. The standard InChI is InChI=1S/C12H12N4S3/c1-7(17-12-16-15-11(13)19-12)6-10-14-8-4-2-3-5-9(8)18-10/h2-5,7H,6H2,1H3,(H2,13,15)/t7-/m0/s1. The first-order valence-electron chi connectivity index (χ1n) is 5.81. The SMILES string of the molecule is C[C@@H](Cc1nc2ccccc2s1)Sc1nnc(N)s1. The van der Waals surface area contributed by atoms with Crippen LogP contribution in [-0.4, -0.2) is 20.4 Å². The summed E-state index contributed by atoms with van der Waals surface area (Å²) in [5, 5.41) is 9.95. The Hall–Kier alpha value is -1.18. The maximum Gasteiger partial charge on any atom is 0.203 e. The first-order valence-corrected chi connectivity index (χ1v) is 8.32. The number of anilines is 1. The molecule has 0 saturated carbocycles. The van der Waals surface area contributed by atoms with Crippen molar-refractivity contribution in [1.29, 1.82) is 0 Å². The molecule has 4 nitrogen and oxygen atoms in total. The molecule has 3 rings (SSSR count). The Labute approximate surface area is 123 Å². The lowest BCUT2D eigenvalue weighted by atomic mass is 10.3. The summed E-state index contributed by atoms with van der Waals surface area (Å²) in [6, 6.07) is 8.23. The molecule has 0 aliphatic carbocycles. The Morgan fingerprint density at radius 3 is 2.84 bits per heavy atom. The van der Waals surface area contributed by atoms with Crippen molar-refractivity contribution in [2.45, 2.75) is 22.9 Å². The van der Waals surface area contributed by atoms with Gasteiger partial charge in [0.05, 0.1) is 15.2 Å². The molecule has 0 aliphatic rings. The van der Waals surface area contributed by atoms with Gasteiger partial charge >= 0.3 is 0 Å². The quantitative estimate of drug-likeness (QED) is 0.748. The van der Waals surface area contributed by atoms with Crippen molar-refractivity contribution in [3.63, 3.8) is 0 Å².